The van der Waals surface area contributed by atoms with E-state index in [9.17, 15) is 13.2 Å². The first kappa shape index (κ1) is 16.2. The topological polar surface area (TPSA) is 86.6 Å². The fraction of sp³-hybridized carbons (Fsp3) is 0.533. The van der Waals surface area contributed by atoms with E-state index in [1.165, 1.54) is 35.7 Å². The van der Waals surface area contributed by atoms with E-state index in [0.717, 1.165) is 19.6 Å². The molecule has 0 unspecified atom stereocenters. The van der Waals surface area contributed by atoms with Crippen LogP contribution in [0.3, 0.4) is 0 Å². The van der Waals surface area contributed by atoms with Gasteiger partial charge >= 0.3 is 5.76 Å². The zero-order chi connectivity index (χ0) is 16.4. The number of aromatic amines is 1. The van der Waals surface area contributed by atoms with Crippen LogP contribution in [0.5, 0.6) is 0 Å². The molecule has 0 spiro atoms. The van der Waals surface area contributed by atoms with Crippen molar-refractivity contribution >= 4 is 21.1 Å². The molecule has 126 valence electrons. The Bertz CT molecular complexity index is 834. The number of benzene rings is 1. The van der Waals surface area contributed by atoms with Gasteiger partial charge in [-0.05, 0) is 38.1 Å². The van der Waals surface area contributed by atoms with Crippen LogP contribution in [0.4, 0.5) is 0 Å². The van der Waals surface area contributed by atoms with Gasteiger partial charge in [0, 0.05) is 26.2 Å². The van der Waals surface area contributed by atoms with Crippen molar-refractivity contribution in [3.05, 3.63) is 28.7 Å². The molecule has 2 heterocycles. The SMILES string of the molecule is CN(CCN1CCCCC1)S(=O)(=O)c1ccc2[nH]c(=O)oc2c1. The van der Waals surface area contributed by atoms with Crippen LogP contribution < -0.4 is 5.76 Å². The molecule has 0 aliphatic carbocycles. The minimum Gasteiger partial charge on any atom is -0.408 e. The fourth-order valence-electron chi connectivity index (χ4n) is 2.85. The van der Waals surface area contributed by atoms with Crippen LogP contribution in [0.25, 0.3) is 11.1 Å². The van der Waals surface area contributed by atoms with Gasteiger partial charge in [-0.3, -0.25) is 4.98 Å². The summed E-state index contributed by atoms with van der Waals surface area (Å²) in [6, 6.07) is 4.42. The zero-order valence-corrected chi connectivity index (χ0v) is 13.9. The summed E-state index contributed by atoms with van der Waals surface area (Å²) in [4.78, 5) is 16.1. The molecule has 1 aliphatic rings. The monoisotopic (exact) mass is 339 g/mol. The van der Waals surface area contributed by atoms with Gasteiger partial charge in [-0.1, -0.05) is 6.42 Å². The lowest BCUT2D eigenvalue weighted by atomic mass is 10.1. The summed E-state index contributed by atoms with van der Waals surface area (Å²) in [5, 5.41) is 0. The van der Waals surface area contributed by atoms with Crippen LogP contribution in [-0.4, -0.2) is 55.8 Å². The van der Waals surface area contributed by atoms with E-state index in [2.05, 4.69) is 9.88 Å². The lowest BCUT2D eigenvalue weighted by Gasteiger charge is -2.28. The summed E-state index contributed by atoms with van der Waals surface area (Å²) in [5.41, 5.74) is 0.741. The van der Waals surface area contributed by atoms with E-state index >= 15 is 0 Å². The Morgan fingerprint density at radius 1 is 1.26 bits per heavy atom. The number of oxazole rings is 1. The van der Waals surface area contributed by atoms with E-state index in [-0.39, 0.29) is 10.5 Å². The minimum atomic E-state index is -3.59. The maximum atomic E-state index is 12.6. The molecule has 23 heavy (non-hydrogen) atoms. The van der Waals surface area contributed by atoms with Gasteiger partial charge in [-0.2, -0.15) is 4.31 Å². The van der Waals surface area contributed by atoms with Crippen molar-refractivity contribution in [1.29, 1.82) is 0 Å². The molecule has 1 aliphatic heterocycles. The molecule has 1 saturated heterocycles. The molecule has 7 nitrogen and oxygen atoms in total. The zero-order valence-electron chi connectivity index (χ0n) is 13.1. The van der Waals surface area contributed by atoms with Crippen LogP contribution in [0, 0.1) is 0 Å². The largest absolute Gasteiger partial charge is 0.417 e. The number of hydrogen-bond donors (Lipinski definition) is 1. The van der Waals surface area contributed by atoms with E-state index in [4.69, 9.17) is 4.42 Å². The molecule has 3 rings (SSSR count). The molecule has 2 aromatic rings. The molecule has 1 aromatic heterocycles. The van der Waals surface area contributed by atoms with Gasteiger partial charge in [0.2, 0.25) is 10.0 Å². The number of piperidine rings is 1. The second kappa shape index (κ2) is 6.46. The van der Waals surface area contributed by atoms with Crippen molar-refractivity contribution in [2.24, 2.45) is 0 Å². The number of fused-ring (bicyclic) bond motifs is 1. The number of likely N-dealkylation sites (tertiary alicyclic amines) is 1. The summed E-state index contributed by atoms with van der Waals surface area (Å²) in [7, 11) is -2.01. The Morgan fingerprint density at radius 3 is 2.74 bits per heavy atom. The Morgan fingerprint density at radius 2 is 2.00 bits per heavy atom. The van der Waals surface area contributed by atoms with E-state index < -0.39 is 15.8 Å². The number of nitrogens with one attached hydrogen (secondary N) is 1. The Kier molecular flexibility index (Phi) is 4.56. The average molecular weight is 339 g/mol. The maximum Gasteiger partial charge on any atom is 0.417 e. The molecule has 8 heteroatoms. The number of rotatable bonds is 5. The van der Waals surface area contributed by atoms with E-state index in [0.29, 0.717) is 12.1 Å². The lowest BCUT2D eigenvalue weighted by Crippen LogP contribution is -2.38. The Balaban J connectivity index is 1.74. The second-order valence-corrected chi connectivity index (χ2v) is 7.95. The third-order valence-electron chi connectivity index (χ3n) is 4.28. The molecule has 0 saturated carbocycles. The van der Waals surface area contributed by atoms with Crippen molar-refractivity contribution in [3.63, 3.8) is 0 Å². The predicted molar refractivity (Wildman–Crippen MR) is 86.9 cm³/mol. The van der Waals surface area contributed by atoms with Gasteiger partial charge in [0.1, 0.15) is 0 Å². The fourth-order valence-corrected chi connectivity index (χ4v) is 4.03. The van der Waals surface area contributed by atoms with Crippen LogP contribution in [0.15, 0.2) is 32.3 Å². The van der Waals surface area contributed by atoms with Crippen LogP contribution >= 0.6 is 0 Å². The highest BCUT2D eigenvalue weighted by molar-refractivity contribution is 7.89. The molecular weight excluding hydrogens is 318 g/mol. The van der Waals surface area contributed by atoms with Crippen molar-refractivity contribution in [3.8, 4) is 0 Å². The quantitative estimate of drug-likeness (QED) is 0.885. The number of nitrogens with zero attached hydrogens (tertiary/aromatic N) is 2. The number of H-pyrrole nitrogens is 1. The molecule has 1 aromatic carbocycles. The van der Waals surface area contributed by atoms with Gasteiger partial charge in [-0.15, -0.1) is 0 Å². The summed E-state index contributed by atoms with van der Waals surface area (Å²) in [6.45, 7) is 3.25. The summed E-state index contributed by atoms with van der Waals surface area (Å²) in [5.74, 6) is -0.590. The standard InChI is InChI=1S/C15H21N3O4S/c1-17(9-10-18-7-3-2-4-8-18)23(20,21)12-5-6-13-14(11-12)22-15(19)16-13/h5-6,11H,2-4,7-10H2,1H3,(H,16,19). The van der Waals surface area contributed by atoms with Crippen molar-refractivity contribution < 1.29 is 12.8 Å². The van der Waals surface area contributed by atoms with Crippen LogP contribution in [0.1, 0.15) is 19.3 Å². The average Bonchev–Trinajstić information content (AvgIpc) is 2.92. The van der Waals surface area contributed by atoms with Gasteiger partial charge < -0.3 is 9.32 Å². The third-order valence-corrected chi connectivity index (χ3v) is 6.13. The summed E-state index contributed by atoms with van der Waals surface area (Å²) >= 11 is 0. The highest BCUT2D eigenvalue weighted by atomic mass is 32.2. The molecule has 1 N–H and O–H groups in total. The number of aromatic nitrogens is 1. The second-order valence-electron chi connectivity index (χ2n) is 5.90. The molecule has 0 atom stereocenters. The van der Waals surface area contributed by atoms with Crippen molar-refractivity contribution in [2.75, 3.05) is 33.2 Å². The third kappa shape index (κ3) is 3.49. The summed E-state index contributed by atoms with van der Waals surface area (Å²) < 4.78 is 31.6. The minimum absolute atomic E-state index is 0.133. The van der Waals surface area contributed by atoms with Gasteiger partial charge in [0.25, 0.3) is 0 Å². The van der Waals surface area contributed by atoms with Gasteiger partial charge in [-0.25, -0.2) is 13.2 Å². The lowest BCUT2D eigenvalue weighted by molar-refractivity contribution is 0.218. The van der Waals surface area contributed by atoms with Crippen LogP contribution in [-0.2, 0) is 10.0 Å². The molecular formula is C15H21N3O4S. The highest BCUT2D eigenvalue weighted by Gasteiger charge is 2.22. The number of sulfonamides is 1. The normalized spacial score (nSPS) is 17.1. The van der Waals surface area contributed by atoms with Gasteiger partial charge in [0.05, 0.1) is 10.4 Å². The maximum absolute atomic E-state index is 12.6. The first-order valence-corrected chi connectivity index (χ1v) is 9.22. The summed E-state index contributed by atoms with van der Waals surface area (Å²) in [6.07, 6.45) is 3.62. The molecule has 1 fully saturated rings. The van der Waals surface area contributed by atoms with Gasteiger partial charge in [0.15, 0.2) is 5.58 Å². The first-order valence-electron chi connectivity index (χ1n) is 7.78. The molecule has 0 radical (unpaired) electrons. The van der Waals surface area contributed by atoms with Crippen LogP contribution in [0.2, 0.25) is 0 Å². The predicted octanol–water partition coefficient (Wildman–Crippen LogP) is 1.23. The molecule has 0 amide bonds. The Labute approximate surface area is 134 Å². The van der Waals surface area contributed by atoms with Crippen molar-refractivity contribution in [1.82, 2.24) is 14.2 Å². The van der Waals surface area contributed by atoms with E-state index in [1.54, 1.807) is 13.1 Å². The highest BCUT2D eigenvalue weighted by Crippen LogP contribution is 2.19. The smallest absolute Gasteiger partial charge is 0.408 e. The van der Waals surface area contributed by atoms with E-state index in [1.807, 2.05) is 0 Å². The molecule has 0 bridgehead atoms. The Hall–Kier alpha value is -1.64. The number of hydrogen-bond acceptors (Lipinski definition) is 5. The first-order chi connectivity index (χ1) is 11.0. The number of likely N-dealkylation sites (N-methyl/N-ethyl adjacent to an activating group) is 1. The van der Waals surface area contributed by atoms with Crippen molar-refractivity contribution in [2.45, 2.75) is 24.2 Å².